The molecule has 0 amide bonds. The molecular weight excluding hydrogens is 286 g/mol. The van der Waals surface area contributed by atoms with Crippen LogP contribution in [0.1, 0.15) is 15.9 Å². The number of hydrogen-bond acceptors (Lipinski definition) is 3. The molecule has 4 rings (SSSR count). The van der Waals surface area contributed by atoms with Gasteiger partial charge in [-0.1, -0.05) is 54.6 Å². The maximum absolute atomic E-state index is 12.8. The van der Waals surface area contributed by atoms with Crippen LogP contribution in [0.25, 0.3) is 16.7 Å². The van der Waals surface area contributed by atoms with Crippen molar-refractivity contribution in [1.29, 1.82) is 0 Å². The highest BCUT2D eigenvalue weighted by Gasteiger charge is 2.15. The van der Waals surface area contributed by atoms with E-state index in [-0.39, 0.29) is 5.78 Å². The van der Waals surface area contributed by atoms with Crippen LogP contribution < -0.4 is 0 Å². The second-order valence-corrected chi connectivity index (χ2v) is 5.19. The Labute approximate surface area is 133 Å². The summed E-state index contributed by atoms with van der Waals surface area (Å²) in [4.78, 5) is 14.3. The fourth-order valence-corrected chi connectivity index (χ4v) is 2.55. The van der Waals surface area contributed by atoms with Crippen LogP contribution in [0.15, 0.2) is 78.9 Å². The molecule has 4 aromatic rings. The summed E-state index contributed by atoms with van der Waals surface area (Å²) in [5, 5.41) is 8.95. The highest BCUT2D eigenvalue weighted by Crippen LogP contribution is 2.19. The number of ketones is 1. The summed E-state index contributed by atoms with van der Waals surface area (Å²) in [6, 6.07) is 24.3. The van der Waals surface area contributed by atoms with E-state index in [0.717, 1.165) is 11.0 Å². The Hall–Kier alpha value is -3.27. The molecular formula is C19H13N3O. The van der Waals surface area contributed by atoms with Crippen LogP contribution in [0, 0.1) is 0 Å². The van der Waals surface area contributed by atoms with Crippen LogP contribution in [0.3, 0.4) is 0 Å². The van der Waals surface area contributed by atoms with E-state index in [1.807, 2.05) is 72.8 Å². The average molecular weight is 299 g/mol. The number of carbonyl (C=O) groups is 1. The third kappa shape index (κ3) is 2.40. The van der Waals surface area contributed by atoms with E-state index in [0.29, 0.717) is 16.8 Å². The molecule has 0 unspecified atom stereocenters. The molecule has 0 fully saturated rings. The van der Waals surface area contributed by atoms with Crippen molar-refractivity contribution in [2.75, 3.05) is 0 Å². The summed E-state index contributed by atoms with van der Waals surface area (Å²) in [5.41, 5.74) is 3.51. The van der Waals surface area contributed by atoms with Crippen molar-refractivity contribution >= 4 is 16.8 Å². The van der Waals surface area contributed by atoms with Crippen molar-refractivity contribution in [1.82, 2.24) is 15.0 Å². The SMILES string of the molecule is O=C(c1ccccc1)c1ccccc1-n1nc2ccccc2n1. The normalized spacial score (nSPS) is 10.8. The monoisotopic (exact) mass is 299 g/mol. The van der Waals surface area contributed by atoms with Crippen molar-refractivity contribution in [3.8, 4) is 5.69 Å². The molecule has 1 heterocycles. The summed E-state index contributed by atoms with van der Waals surface area (Å²) < 4.78 is 0. The lowest BCUT2D eigenvalue weighted by atomic mass is 10.0. The average Bonchev–Trinajstić information content (AvgIpc) is 3.06. The Bertz CT molecular complexity index is 957. The summed E-state index contributed by atoms with van der Waals surface area (Å²) in [6.45, 7) is 0. The van der Waals surface area contributed by atoms with Gasteiger partial charge in [0.1, 0.15) is 11.0 Å². The van der Waals surface area contributed by atoms with Gasteiger partial charge in [-0.25, -0.2) is 0 Å². The highest BCUT2D eigenvalue weighted by molar-refractivity contribution is 6.11. The molecule has 0 radical (unpaired) electrons. The molecule has 0 N–H and O–H groups in total. The molecule has 3 aromatic carbocycles. The second-order valence-electron chi connectivity index (χ2n) is 5.19. The van der Waals surface area contributed by atoms with Gasteiger partial charge in [0.25, 0.3) is 0 Å². The molecule has 0 saturated heterocycles. The molecule has 4 nitrogen and oxygen atoms in total. The van der Waals surface area contributed by atoms with Crippen molar-refractivity contribution < 1.29 is 4.79 Å². The van der Waals surface area contributed by atoms with Crippen LogP contribution in [0.2, 0.25) is 0 Å². The van der Waals surface area contributed by atoms with E-state index >= 15 is 0 Å². The first-order chi connectivity index (χ1) is 11.3. The van der Waals surface area contributed by atoms with Crippen molar-refractivity contribution in [2.24, 2.45) is 0 Å². The minimum absolute atomic E-state index is 0.0393. The topological polar surface area (TPSA) is 47.8 Å². The molecule has 23 heavy (non-hydrogen) atoms. The predicted octanol–water partition coefficient (Wildman–Crippen LogP) is 3.65. The van der Waals surface area contributed by atoms with Gasteiger partial charge in [0.2, 0.25) is 0 Å². The molecule has 0 saturated carbocycles. The highest BCUT2D eigenvalue weighted by atomic mass is 16.1. The minimum Gasteiger partial charge on any atom is -0.289 e. The number of aromatic nitrogens is 3. The number of fused-ring (bicyclic) bond motifs is 1. The summed E-state index contributed by atoms with van der Waals surface area (Å²) >= 11 is 0. The lowest BCUT2D eigenvalue weighted by Gasteiger charge is -2.07. The van der Waals surface area contributed by atoms with Gasteiger partial charge in [-0.2, -0.15) is 0 Å². The van der Waals surface area contributed by atoms with Crippen LogP contribution in [-0.4, -0.2) is 20.8 Å². The van der Waals surface area contributed by atoms with Crippen molar-refractivity contribution in [2.45, 2.75) is 0 Å². The minimum atomic E-state index is -0.0393. The number of nitrogens with zero attached hydrogens (tertiary/aromatic N) is 3. The quantitative estimate of drug-likeness (QED) is 0.542. The summed E-state index contributed by atoms with van der Waals surface area (Å²) in [7, 11) is 0. The first-order valence-electron chi connectivity index (χ1n) is 7.34. The molecule has 4 heteroatoms. The van der Waals surface area contributed by atoms with E-state index in [4.69, 9.17) is 0 Å². The van der Waals surface area contributed by atoms with Crippen molar-refractivity contribution in [3.63, 3.8) is 0 Å². The Kier molecular flexibility index (Phi) is 3.20. The Morgan fingerprint density at radius 3 is 1.96 bits per heavy atom. The third-order valence-corrected chi connectivity index (χ3v) is 3.69. The zero-order valence-corrected chi connectivity index (χ0v) is 12.3. The van der Waals surface area contributed by atoms with Gasteiger partial charge in [-0.3, -0.25) is 4.79 Å². The van der Waals surface area contributed by atoms with Crippen LogP contribution in [-0.2, 0) is 0 Å². The number of para-hydroxylation sites is 1. The van der Waals surface area contributed by atoms with Gasteiger partial charge in [-0.05, 0) is 24.3 Å². The van der Waals surface area contributed by atoms with Gasteiger partial charge >= 0.3 is 0 Å². The maximum Gasteiger partial charge on any atom is 0.195 e. The first-order valence-corrected chi connectivity index (χ1v) is 7.34. The second kappa shape index (κ2) is 5.50. The molecule has 0 aliphatic carbocycles. The molecule has 0 aliphatic rings. The predicted molar refractivity (Wildman–Crippen MR) is 88.7 cm³/mol. The van der Waals surface area contributed by atoms with Gasteiger partial charge in [0.15, 0.2) is 5.78 Å². The van der Waals surface area contributed by atoms with Crippen molar-refractivity contribution in [3.05, 3.63) is 90.0 Å². The Morgan fingerprint density at radius 1 is 0.696 bits per heavy atom. The zero-order chi connectivity index (χ0) is 15.6. The van der Waals surface area contributed by atoms with Gasteiger partial charge in [0, 0.05) is 5.56 Å². The summed E-state index contributed by atoms with van der Waals surface area (Å²) in [6.07, 6.45) is 0. The van der Waals surface area contributed by atoms with Crippen LogP contribution in [0.5, 0.6) is 0 Å². The van der Waals surface area contributed by atoms with Gasteiger partial charge in [0.05, 0.1) is 11.3 Å². The lowest BCUT2D eigenvalue weighted by Crippen LogP contribution is -2.09. The zero-order valence-electron chi connectivity index (χ0n) is 12.3. The Morgan fingerprint density at radius 2 is 1.26 bits per heavy atom. The van der Waals surface area contributed by atoms with Gasteiger partial charge in [-0.15, -0.1) is 15.0 Å². The fourth-order valence-electron chi connectivity index (χ4n) is 2.55. The maximum atomic E-state index is 12.8. The largest absolute Gasteiger partial charge is 0.289 e. The Balaban J connectivity index is 1.85. The molecule has 0 bridgehead atoms. The first kappa shape index (κ1) is 13.4. The number of benzene rings is 3. The van der Waals surface area contributed by atoms with E-state index in [1.54, 1.807) is 6.07 Å². The molecule has 0 spiro atoms. The molecule has 110 valence electrons. The number of carbonyl (C=O) groups excluding carboxylic acids is 1. The van der Waals surface area contributed by atoms with E-state index in [1.165, 1.54) is 4.80 Å². The lowest BCUT2D eigenvalue weighted by molar-refractivity contribution is 0.103. The third-order valence-electron chi connectivity index (χ3n) is 3.69. The molecule has 0 aliphatic heterocycles. The molecule has 0 atom stereocenters. The molecule has 1 aromatic heterocycles. The van der Waals surface area contributed by atoms with E-state index in [2.05, 4.69) is 10.2 Å². The fraction of sp³-hybridized carbons (Fsp3) is 0. The van der Waals surface area contributed by atoms with E-state index in [9.17, 15) is 4.79 Å². The number of rotatable bonds is 3. The van der Waals surface area contributed by atoms with Gasteiger partial charge < -0.3 is 0 Å². The van der Waals surface area contributed by atoms with Crippen LogP contribution in [0.4, 0.5) is 0 Å². The smallest absolute Gasteiger partial charge is 0.195 e. The summed E-state index contributed by atoms with van der Waals surface area (Å²) in [5.74, 6) is -0.0393. The standard InChI is InChI=1S/C19H13N3O/c23-19(14-8-2-1-3-9-14)15-10-4-7-13-18(15)22-20-16-11-5-6-12-17(16)21-22/h1-13H. The number of hydrogen-bond donors (Lipinski definition) is 0. The van der Waals surface area contributed by atoms with Crippen LogP contribution >= 0.6 is 0 Å². The van der Waals surface area contributed by atoms with E-state index < -0.39 is 0 Å².